The molecule has 0 saturated heterocycles. The number of anilines is 1. The molecule has 0 bridgehead atoms. The van der Waals surface area contributed by atoms with Crippen molar-refractivity contribution < 1.29 is 28.4 Å². The molecule has 24 heavy (non-hydrogen) atoms. The molecule has 126 valence electrons. The molecule has 1 aliphatic heterocycles. The highest BCUT2D eigenvalue weighted by Gasteiger charge is 2.36. The van der Waals surface area contributed by atoms with Gasteiger partial charge in [0.15, 0.2) is 17.7 Å². The lowest BCUT2D eigenvalue weighted by Crippen LogP contribution is -2.40. The van der Waals surface area contributed by atoms with Crippen LogP contribution in [0.1, 0.15) is 32.6 Å². The fourth-order valence-corrected chi connectivity index (χ4v) is 2.25. The van der Waals surface area contributed by atoms with Gasteiger partial charge in [0.25, 0.3) is 5.91 Å². The lowest BCUT2D eigenvalue weighted by atomic mass is 10.1. The normalized spacial score (nSPS) is 15.6. The molecule has 2 heterocycles. The number of cyclic esters (lactones) is 1. The Morgan fingerprint density at radius 1 is 1.29 bits per heavy atom. The average Bonchev–Trinajstić information content (AvgIpc) is 3.15. The van der Waals surface area contributed by atoms with Gasteiger partial charge in [-0.1, -0.05) is 0 Å². The first-order valence-corrected chi connectivity index (χ1v) is 6.66. The summed E-state index contributed by atoms with van der Waals surface area (Å²) in [6.07, 6.45) is -0.919. The van der Waals surface area contributed by atoms with E-state index < -0.39 is 18.1 Å². The molecule has 1 aromatic carbocycles. The molecule has 0 saturated carbocycles. The fraction of sp³-hybridized carbons (Fsp3) is 0.231. The third-order valence-electron chi connectivity index (χ3n) is 3.34. The maximum atomic E-state index is 12.1. The first kappa shape index (κ1) is 15.6. The quantitative estimate of drug-likeness (QED) is 0.493. The molecule has 1 amide bonds. The van der Waals surface area contributed by atoms with Crippen molar-refractivity contribution in [3.05, 3.63) is 29.0 Å². The molecule has 0 fully saturated rings. The molecule has 0 spiro atoms. The van der Waals surface area contributed by atoms with Gasteiger partial charge in [-0.25, -0.2) is 9.42 Å². The lowest BCUT2D eigenvalue weighted by molar-refractivity contribution is 0.0259. The van der Waals surface area contributed by atoms with Crippen LogP contribution in [-0.2, 0) is 4.74 Å². The van der Waals surface area contributed by atoms with Crippen molar-refractivity contribution in [3.63, 3.8) is 0 Å². The van der Waals surface area contributed by atoms with Gasteiger partial charge in [0, 0.05) is 5.56 Å². The number of esters is 1. The van der Waals surface area contributed by atoms with E-state index >= 15 is 0 Å². The summed E-state index contributed by atoms with van der Waals surface area (Å²) in [4.78, 5) is 24.0. The average molecular weight is 335 g/mol. The summed E-state index contributed by atoms with van der Waals surface area (Å²) in [5.74, 6) is -0.835. The van der Waals surface area contributed by atoms with E-state index in [9.17, 15) is 9.59 Å². The second kappa shape index (κ2) is 6.04. The zero-order valence-electron chi connectivity index (χ0n) is 12.7. The summed E-state index contributed by atoms with van der Waals surface area (Å²) in [5.41, 5.74) is 10.8. The van der Waals surface area contributed by atoms with Gasteiger partial charge in [-0.2, -0.15) is 5.43 Å². The Morgan fingerprint density at radius 2 is 2.08 bits per heavy atom. The maximum Gasteiger partial charge on any atom is 0.344 e. The predicted octanol–water partition coefficient (Wildman–Crippen LogP) is -0.227. The molecule has 2 aromatic rings. The minimum atomic E-state index is -0.919. The number of aromatic nitrogens is 2. The smallest absolute Gasteiger partial charge is 0.344 e. The fourth-order valence-electron chi connectivity index (χ4n) is 2.25. The SMILES string of the molecule is COc1ccc2c(c1OC)C(=O)O[C@@H]2NNC(=O)c1nonc1N. The van der Waals surface area contributed by atoms with E-state index in [1.54, 1.807) is 12.1 Å². The number of nitrogens with one attached hydrogen (secondary N) is 2. The van der Waals surface area contributed by atoms with Crippen molar-refractivity contribution in [1.82, 2.24) is 21.2 Å². The van der Waals surface area contributed by atoms with E-state index in [-0.39, 0.29) is 22.8 Å². The maximum absolute atomic E-state index is 12.1. The number of ether oxygens (including phenoxy) is 3. The zero-order chi connectivity index (χ0) is 17.3. The van der Waals surface area contributed by atoms with Crippen LogP contribution in [0.15, 0.2) is 16.8 Å². The van der Waals surface area contributed by atoms with E-state index in [0.717, 1.165) is 0 Å². The number of hydrazine groups is 1. The van der Waals surface area contributed by atoms with Crippen LogP contribution in [0.4, 0.5) is 5.82 Å². The lowest BCUT2D eigenvalue weighted by Gasteiger charge is -2.14. The highest BCUT2D eigenvalue weighted by Crippen LogP contribution is 2.40. The van der Waals surface area contributed by atoms with Gasteiger partial charge in [-0.15, -0.1) is 0 Å². The monoisotopic (exact) mass is 335 g/mol. The number of carbonyl (C=O) groups is 2. The van der Waals surface area contributed by atoms with Crippen LogP contribution in [0.2, 0.25) is 0 Å². The van der Waals surface area contributed by atoms with Crippen LogP contribution in [-0.4, -0.2) is 36.4 Å². The number of rotatable bonds is 5. The highest BCUT2D eigenvalue weighted by molar-refractivity contribution is 5.98. The Hall–Kier alpha value is -3.34. The minimum absolute atomic E-state index is 0.162. The molecule has 1 aromatic heterocycles. The van der Waals surface area contributed by atoms with E-state index in [0.29, 0.717) is 11.3 Å². The van der Waals surface area contributed by atoms with Crippen LogP contribution in [0, 0.1) is 0 Å². The Bertz CT molecular complexity index is 804. The van der Waals surface area contributed by atoms with Crippen LogP contribution < -0.4 is 26.1 Å². The van der Waals surface area contributed by atoms with Crippen LogP contribution in [0.3, 0.4) is 0 Å². The van der Waals surface area contributed by atoms with Crippen LogP contribution in [0.25, 0.3) is 0 Å². The van der Waals surface area contributed by atoms with E-state index in [1.807, 2.05) is 0 Å². The summed E-state index contributed by atoms with van der Waals surface area (Å²) in [5, 5.41) is 6.66. The number of nitrogen functional groups attached to an aromatic ring is 1. The molecule has 1 atom stereocenters. The Labute approximate surface area is 135 Å². The number of carbonyl (C=O) groups excluding carboxylic acids is 2. The molecule has 0 aliphatic carbocycles. The Kier molecular flexibility index (Phi) is 3.92. The Balaban J connectivity index is 1.80. The van der Waals surface area contributed by atoms with Gasteiger partial charge in [0.1, 0.15) is 5.56 Å². The first-order chi connectivity index (χ1) is 11.6. The number of hydrogen-bond acceptors (Lipinski definition) is 10. The number of fused-ring (bicyclic) bond motifs is 1. The molecule has 0 unspecified atom stereocenters. The van der Waals surface area contributed by atoms with Crippen molar-refractivity contribution in [2.45, 2.75) is 6.23 Å². The predicted molar refractivity (Wildman–Crippen MR) is 77.0 cm³/mol. The molecule has 1 aliphatic rings. The van der Waals surface area contributed by atoms with Crippen molar-refractivity contribution in [2.75, 3.05) is 20.0 Å². The van der Waals surface area contributed by atoms with Crippen molar-refractivity contribution in [2.24, 2.45) is 0 Å². The Morgan fingerprint density at radius 3 is 2.71 bits per heavy atom. The van der Waals surface area contributed by atoms with Gasteiger partial charge in [0.2, 0.25) is 11.5 Å². The number of amides is 1. The third kappa shape index (κ3) is 2.46. The number of hydrogen-bond donors (Lipinski definition) is 3. The van der Waals surface area contributed by atoms with Gasteiger partial charge in [-0.05, 0) is 22.4 Å². The second-order valence-corrected chi connectivity index (χ2v) is 4.65. The van der Waals surface area contributed by atoms with E-state index in [2.05, 4.69) is 25.8 Å². The number of nitrogens with two attached hydrogens (primary N) is 1. The summed E-state index contributed by atoms with van der Waals surface area (Å²) in [6.45, 7) is 0. The van der Waals surface area contributed by atoms with Crippen molar-refractivity contribution >= 4 is 17.7 Å². The summed E-state index contributed by atoms with van der Waals surface area (Å²) >= 11 is 0. The van der Waals surface area contributed by atoms with Crippen molar-refractivity contribution in [3.8, 4) is 11.5 Å². The second-order valence-electron chi connectivity index (χ2n) is 4.65. The zero-order valence-corrected chi connectivity index (χ0v) is 12.7. The summed E-state index contributed by atoms with van der Waals surface area (Å²) in [6, 6.07) is 3.24. The van der Waals surface area contributed by atoms with Crippen LogP contribution >= 0.6 is 0 Å². The van der Waals surface area contributed by atoms with Crippen LogP contribution in [0.5, 0.6) is 11.5 Å². The van der Waals surface area contributed by atoms with Crippen molar-refractivity contribution in [1.29, 1.82) is 0 Å². The first-order valence-electron chi connectivity index (χ1n) is 6.66. The topological polar surface area (TPSA) is 151 Å². The molecular formula is C13H13N5O6. The number of benzene rings is 1. The van der Waals surface area contributed by atoms with E-state index in [1.165, 1.54) is 14.2 Å². The minimum Gasteiger partial charge on any atom is -0.493 e. The molecule has 0 radical (unpaired) electrons. The summed E-state index contributed by atoms with van der Waals surface area (Å²) in [7, 11) is 2.87. The van der Waals surface area contributed by atoms with Gasteiger partial charge in [0.05, 0.1) is 14.2 Å². The standard InChI is InChI=1S/C13H13N5O6/c1-21-6-4-3-5-7(9(6)22-2)13(20)23-12(5)16-15-11(19)8-10(14)18-24-17-8/h3-4,12,16H,1-2H3,(H2,14,18)(H,15,19)/t12-/m0/s1. The van der Waals surface area contributed by atoms with E-state index in [4.69, 9.17) is 19.9 Å². The molecular weight excluding hydrogens is 322 g/mol. The highest BCUT2D eigenvalue weighted by atomic mass is 16.6. The number of nitrogens with zero attached hydrogens (tertiary/aromatic N) is 2. The van der Waals surface area contributed by atoms with Gasteiger partial charge < -0.3 is 19.9 Å². The molecule has 4 N–H and O–H groups in total. The number of methoxy groups -OCH3 is 2. The molecule has 3 rings (SSSR count). The molecule has 11 heteroatoms. The molecule has 11 nitrogen and oxygen atoms in total. The van der Waals surface area contributed by atoms with Gasteiger partial charge >= 0.3 is 5.97 Å². The third-order valence-corrected chi connectivity index (χ3v) is 3.34. The van der Waals surface area contributed by atoms with Gasteiger partial charge in [-0.3, -0.25) is 10.2 Å². The largest absolute Gasteiger partial charge is 0.493 e. The summed E-state index contributed by atoms with van der Waals surface area (Å²) < 4.78 is 19.9.